The van der Waals surface area contributed by atoms with Crippen LogP contribution in [0.4, 0.5) is 5.69 Å². The first-order valence-corrected chi connectivity index (χ1v) is 11.2. The van der Waals surface area contributed by atoms with E-state index < -0.39 is 0 Å². The number of rotatable bonds is 5. The minimum Gasteiger partial charge on any atom is -0.333 e. The first-order chi connectivity index (χ1) is 14.7. The molecule has 0 bridgehead atoms. The molecule has 0 aliphatic heterocycles. The summed E-state index contributed by atoms with van der Waals surface area (Å²) in [5.41, 5.74) is 4.17. The van der Waals surface area contributed by atoms with Gasteiger partial charge in [-0.2, -0.15) is 0 Å². The topological polar surface area (TPSA) is 69.9 Å². The van der Waals surface area contributed by atoms with E-state index in [4.69, 9.17) is 5.41 Å². The van der Waals surface area contributed by atoms with E-state index in [0.29, 0.717) is 24.0 Å². The van der Waals surface area contributed by atoms with E-state index in [-0.39, 0.29) is 5.92 Å². The third-order valence-corrected chi connectivity index (χ3v) is 5.61. The Balaban J connectivity index is 0.000000233. The number of nitrogens with one attached hydrogen (secondary N) is 1. The van der Waals surface area contributed by atoms with Gasteiger partial charge >= 0.3 is 0 Å². The molecule has 1 atom stereocenters. The van der Waals surface area contributed by atoms with Gasteiger partial charge in [-0.25, -0.2) is 9.97 Å². The molecule has 1 heterocycles. The molecule has 0 saturated carbocycles. The number of hydrogen-bond donors (Lipinski definition) is 1. The summed E-state index contributed by atoms with van der Waals surface area (Å²) < 4.78 is 1.08. The average molecular weight is 483 g/mol. The maximum atomic E-state index is 11.6. The first-order valence-electron chi connectivity index (χ1n) is 10.4. The zero-order valence-corrected chi connectivity index (χ0v) is 20.5. The second-order valence-electron chi connectivity index (χ2n) is 8.10. The van der Waals surface area contributed by atoms with Crippen LogP contribution in [-0.2, 0) is 4.79 Å². The van der Waals surface area contributed by atoms with Crippen LogP contribution >= 0.6 is 15.9 Å². The number of aryl methyl sites for hydroxylation is 1. The van der Waals surface area contributed by atoms with Crippen LogP contribution < -0.4 is 4.90 Å². The van der Waals surface area contributed by atoms with Crippen LogP contribution in [0.3, 0.4) is 0 Å². The summed E-state index contributed by atoms with van der Waals surface area (Å²) in [6, 6.07) is 6.08. The number of halogens is 1. The van der Waals surface area contributed by atoms with Gasteiger partial charge in [-0.3, -0.25) is 10.2 Å². The number of ketones is 1. The van der Waals surface area contributed by atoms with Crippen LogP contribution in [0, 0.1) is 24.2 Å². The molecule has 6 heteroatoms. The number of para-hydroxylation sites is 1. The smallest absolute Gasteiger partial charge is 0.140 e. The number of allylic oxidation sites excluding steroid dienone is 4. The van der Waals surface area contributed by atoms with Crippen molar-refractivity contribution in [2.75, 3.05) is 11.9 Å². The highest BCUT2D eigenvalue weighted by Crippen LogP contribution is 2.32. The van der Waals surface area contributed by atoms with Crippen molar-refractivity contribution >= 4 is 33.2 Å². The molecule has 0 spiro atoms. The van der Waals surface area contributed by atoms with E-state index in [1.165, 1.54) is 6.33 Å². The molecule has 0 amide bonds. The van der Waals surface area contributed by atoms with E-state index in [1.807, 2.05) is 49.2 Å². The Bertz CT molecular complexity index is 967. The van der Waals surface area contributed by atoms with Crippen molar-refractivity contribution in [1.29, 1.82) is 5.41 Å². The third-order valence-electron chi connectivity index (χ3n) is 5.03. The number of Topliss-reactive ketones (excluding diaryl/α,β-unsaturated/α-hetero) is 1. The number of amidine groups is 1. The summed E-state index contributed by atoms with van der Waals surface area (Å²) in [6.07, 6.45) is 12.7. The van der Waals surface area contributed by atoms with E-state index in [2.05, 4.69) is 45.8 Å². The van der Waals surface area contributed by atoms with E-state index in [1.54, 1.807) is 19.3 Å². The summed E-state index contributed by atoms with van der Waals surface area (Å²) in [5.74, 6) is 1.45. The maximum Gasteiger partial charge on any atom is 0.140 e. The van der Waals surface area contributed by atoms with Crippen molar-refractivity contribution in [3.63, 3.8) is 0 Å². The molecule has 0 saturated heterocycles. The molecule has 1 aromatic heterocycles. The molecule has 5 nitrogen and oxygen atoms in total. The number of carbonyl (C=O) groups excluding carboxylic acids is 1. The van der Waals surface area contributed by atoms with Gasteiger partial charge in [-0.1, -0.05) is 66.2 Å². The van der Waals surface area contributed by atoms with Gasteiger partial charge in [0.1, 0.15) is 12.1 Å². The largest absolute Gasteiger partial charge is 0.333 e. The number of aromatic nitrogens is 2. The van der Waals surface area contributed by atoms with Gasteiger partial charge in [0.05, 0.1) is 11.5 Å². The van der Waals surface area contributed by atoms with Crippen molar-refractivity contribution in [3.05, 3.63) is 65.2 Å². The lowest BCUT2D eigenvalue weighted by molar-refractivity contribution is -0.122. The lowest BCUT2D eigenvalue weighted by atomic mass is 9.91. The Hall–Kier alpha value is -2.60. The van der Waals surface area contributed by atoms with E-state index in [9.17, 15) is 4.79 Å². The lowest BCUT2D eigenvalue weighted by Crippen LogP contribution is -2.23. The Morgan fingerprint density at radius 2 is 1.97 bits per heavy atom. The van der Waals surface area contributed by atoms with Crippen molar-refractivity contribution in [2.24, 2.45) is 11.8 Å². The Morgan fingerprint density at radius 3 is 2.52 bits per heavy atom. The molecule has 1 unspecified atom stereocenters. The van der Waals surface area contributed by atoms with Gasteiger partial charge in [0, 0.05) is 47.4 Å². The monoisotopic (exact) mass is 482 g/mol. The van der Waals surface area contributed by atoms with Gasteiger partial charge in [0.15, 0.2) is 0 Å². The zero-order valence-electron chi connectivity index (χ0n) is 18.9. The molecule has 3 rings (SSSR count). The fourth-order valence-electron chi connectivity index (χ4n) is 3.33. The highest BCUT2D eigenvalue weighted by molar-refractivity contribution is 9.11. The highest BCUT2D eigenvalue weighted by Gasteiger charge is 2.17. The first kappa shape index (κ1) is 24.7. The van der Waals surface area contributed by atoms with Crippen LogP contribution in [0.2, 0.25) is 0 Å². The molecular formula is C25H31BrN4O. The van der Waals surface area contributed by atoms with Gasteiger partial charge in [-0.15, -0.1) is 0 Å². The summed E-state index contributed by atoms with van der Waals surface area (Å²) in [5, 5.41) is 7.79. The Kier molecular flexibility index (Phi) is 9.31. The highest BCUT2D eigenvalue weighted by atomic mass is 79.9. The van der Waals surface area contributed by atoms with Gasteiger partial charge in [-0.05, 0) is 31.7 Å². The third kappa shape index (κ3) is 7.24. The van der Waals surface area contributed by atoms with Gasteiger partial charge < -0.3 is 4.90 Å². The second kappa shape index (κ2) is 11.7. The van der Waals surface area contributed by atoms with Crippen molar-refractivity contribution in [3.8, 4) is 11.1 Å². The van der Waals surface area contributed by atoms with E-state index >= 15 is 0 Å². The van der Waals surface area contributed by atoms with Crippen LogP contribution in [0.25, 0.3) is 11.1 Å². The molecule has 0 fully saturated rings. The van der Waals surface area contributed by atoms with Crippen molar-refractivity contribution < 1.29 is 4.79 Å². The van der Waals surface area contributed by atoms with Crippen LogP contribution in [0.1, 0.15) is 39.2 Å². The Labute approximate surface area is 193 Å². The number of benzene rings is 1. The van der Waals surface area contributed by atoms with Crippen molar-refractivity contribution in [2.45, 2.75) is 40.5 Å². The molecule has 2 aromatic rings. The minimum atomic E-state index is 0.115. The SMILES string of the molecule is CC(=N)N(C)c1c(C)cccc1-c1cncnc1.CC(C)CC(=O)C1C=CC(Br)=CC1. The predicted molar refractivity (Wildman–Crippen MR) is 133 cm³/mol. The number of carbonyl (C=O) groups is 1. The van der Waals surface area contributed by atoms with Gasteiger partial charge in [0.2, 0.25) is 0 Å². The number of hydrogen-bond acceptors (Lipinski definition) is 4. The van der Waals surface area contributed by atoms with Crippen molar-refractivity contribution in [1.82, 2.24) is 9.97 Å². The summed E-state index contributed by atoms with van der Waals surface area (Å²) in [4.78, 5) is 21.6. The zero-order chi connectivity index (χ0) is 23.0. The van der Waals surface area contributed by atoms with Crippen LogP contribution in [-0.4, -0.2) is 28.6 Å². The quantitative estimate of drug-likeness (QED) is 0.398. The van der Waals surface area contributed by atoms with Gasteiger partial charge in [0.25, 0.3) is 0 Å². The molecule has 164 valence electrons. The van der Waals surface area contributed by atoms with E-state index in [0.717, 1.165) is 33.3 Å². The molecular weight excluding hydrogens is 452 g/mol. The molecule has 1 N–H and O–H groups in total. The predicted octanol–water partition coefficient (Wildman–Crippen LogP) is 6.34. The molecule has 31 heavy (non-hydrogen) atoms. The second-order valence-corrected chi connectivity index (χ2v) is 9.01. The molecule has 0 radical (unpaired) electrons. The summed E-state index contributed by atoms with van der Waals surface area (Å²) in [7, 11) is 1.90. The summed E-state index contributed by atoms with van der Waals surface area (Å²) >= 11 is 3.38. The average Bonchev–Trinajstić information content (AvgIpc) is 2.74. The Morgan fingerprint density at radius 1 is 1.29 bits per heavy atom. The lowest BCUT2D eigenvalue weighted by Gasteiger charge is -2.23. The standard InChI is InChI=1S/C14H16N4.C11H15BrO/c1-10-5-4-6-13(12-7-16-9-17-8-12)14(10)18(3)11(2)15;1-8(2)7-11(13)9-3-5-10(12)6-4-9/h4-9,15H,1-3H3;3,5-6,8-9H,4,7H2,1-2H3. The number of nitrogens with zero attached hydrogens (tertiary/aromatic N) is 3. The fraction of sp³-hybridized carbons (Fsp3) is 0.360. The summed E-state index contributed by atoms with van der Waals surface area (Å²) in [6.45, 7) is 7.98. The maximum absolute atomic E-state index is 11.6. The molecule has 1 aromatic carbocycles. The normalized spacial score (nSPS) is 15.1. The fourth-order valence-corrected chi connectivity index (χ4v) is 3.67. The minimum absolute atomic E-state index is 0.115. The molecule has 1 aliphatic carbocycles. The van der Waals surface area contributed by atoms with Crippen LogP contribution in [0.5, 0.6) is 0 Å². The van der Waals surface area contributed by atoms with Crippen LogP contribution in [0.15, 0.2) is 59.6 Å². The number of anilines is 1. The molecule has 1 aliphatic rings.